The second-order valence-corrected chi connectivity index (χ2v) is 5.97. The fourth-order valence-corrected chi connectivity index (χ4v) is 2.73. The molecule has 0 bridgehead atoms. The summed E-state index contributed by atoms with van der Waals surface area (Å²) in [5.41, 5.74) is 0. The van der Waals surface area contributed by atoms with Gasteiger partial charge in [0.2, 0.25) is 5.79 Å². The van der Waals surface area contributed by atoms with Crippen LogP contribution in [-0.2, 0) is 42.9 Å². The monoisotopic (exact) mass is 388 g/mol. The number of carbonyl (C=O) groups is 4. The minimum Gasteiger partial charge on any atom is -0.463 e. The lowest BCUT2D eigenvalue weighted by atomic mass is 9.90. The van der Waals surface area contributed by atoms with Crippen LogP contribution in [-0.4, -0.2) is 65.8 Å². The van der Waals surface area contributed by atoms with Crippen LogP contribution in [0.5, 0.6) is 0 Å². The highest BCUT2D eigenvalue weighted by Crippen LogP contribution is 2.36. The average Bonchev–Trinajstić information content (AvgIpc) is 2.51. The van der Waals surface area contributed by atoms with E-state index in [1.807, 2.05) is 0 Å². The quantitative estimate of drug-likeness (QED) is 0.361. The molecule has 0 aromatic heterocycles. The first kappa shape index (κ1) is 22.6. The van der Waals surface area contributed by atoms with Gasteiger partial charge in [-0.15, -0.1) is 6.58 Å². The molecule has 0 saturated carbocycles. The number of ether oxygens (including phenoxy) is 5. The molecule has 10 nitrogen and oxygen atoms in total. The summed E-state index contributed by atoms with van der Waals surface area (Å²) in [6.45, 7) is 7.55. The third-order valence-electron chi connectivity index (χ3n) is 3.57. The minimum absolute atomic E-state index is 0.216. The second-order valence-electron chi connectivity index (χ2n) is 5.97. The van der Waals surface area contributed by atoms with Crippen molar-refractivity contribution in [2.24, 2.45) is 0 Å². The molecule has 1 aliphatic heterocycles. The largest absolute Gasteiger partial charge is 0.463 e. The van der Waals surface area contributed by atoms with Crippen molar-refractivity contribution in [3.05, 3.63) is 12.7 Å². The Morgan fingerprint density at radius 1 is 0.963 bits per heavy atom. The fourth-order valence-electron chi connectivity index (χ4n) is 2.73. The summed E-state index contributed by atoms with van der Waals surface area (Å²) in [6, 6.07) is 0. The second kappa shape index (κ2) is 9.47. The van der Waals surface area contributed by atoms with Crippen molar-refractivity contribution in [1.82, 2.24) is 0 Å². The lowest BCUT2D eigenvalue weighted by molar-refractivity contribution is -0.350. The van der Waals surface area contributed by atoms with Crippen molar-refractivity contribution in [2.45, 2.75) is 64.3 Å². The van der Waals surface area contributed by atoms with Crippen molar-refractivity contribution in [1.29, 1.82) is 0 Å². The molecule has 152 valence electrons. The number of hydrogen-bond acceptors (Lipinski definition) is 10. The van der Waals surface area contributed by atoms with Crippen LogP contribution in [0.1, 0.15) is 34.1 Å². The summed E-state index contributed by atoms with van der Waals surface area (Å²) in [5, 5.41) is 10.9. The molecule has 0 spiro atoms. The molecule has 0 aromatic carbocycles. The molecule has 1 N–H and O–H groups in total. The molecule has 1 saturated heterocycles. The van der Waals surface area contributed by atoms with E-state index in [-0.39, 0.29) is 6.42 Å². The van der Waals surface area contributed by atoms with E-state index < -0.39 is 60.7 Å². The van der Waals surface area contributed by atoms with Gasteiger partial charge in [-0.2, -0.15) is 0 Å². The van der Waals surface area contributed by atoms with Gasteiger partial charge in [0.05, 0.1) is 0 Å². The lowest BCUT2D eigenvalue weighted by Crippen LogP contribution is -2.68. The van der Waals surface area contributed by atoms with Gasteiger partial charge >= 0.3 is 23.9 Å². The summed E-state index contributed by atoms with van der Waals surface area (Å²) < 4.78 is 25.9. The maximum Gasteiger partial charge on any atom is 0.303 e. The van der Waals surface area contributed by atoms with Crippen LogP contribution >= 0.6 is 0 Å². The van der Waals surface area contributed by atoms with Crippen molar-refractivity contribution in [3.8, 4) is 0 Å². The van der Waals surface area contributed by atoms with Gasteiger partial charge in [-0.25, -0.2) is 0 Å². The molecule has 0 radical (unpaired) electrons. The topological polar surface area (TPSA) is 135 Å². The standard InChI is InChI=1S/C17H24O10/c1-6-7-17(22)16(26-12(5)21)15(25-11(4)20)14(24-10(3)19)13(27-17)8-23-9(2)18/h6,13-16,22H,1,7-8H2,2-5H3/t13-,14-,15+,16+,17+/m1/s1. The maximum atomic E-state index is 11.6. The summed E-state index contributed by atoms with van der Waals surface area (Å²) in [6.07, 6.45) is -4.34. The molecular formula is C17H24O10. The summed E-state index contributed by atoms with van der Waals surface area (Å²) in [5.74, 6) is -5.11. The van der Waals surface area contributed by atoms with Gasteiger partial charge in [0, 0.05) is 34.1 Å². The van der Waals surface area contributed by atoms with E-state index in [1.165, 1.54) is 6.08 Å². The Bertz CT molecular complexity index is 601. The molecule has 0 unspecified atom stereocenters. The predicted octanol–water partition coefficient (Wildman–Crippen LogP) is 0.00810. The third-order valence-corrected chi connectivity index (χ3v) is 3.57. The number of hydrogen-bond donors (Lipinski definition) is 1. The van der Waals surface area contributed by atoms with E-state index in [9.17, 15) is 24.3 Å². The van der Waals surface area contributed by atoms with Gasteiger partial charge < -0.3 is 28.8 Å². The number of carbonyl (C=O) groups excluding carboxylic acids is 4. The van der Waals surface area contributed by atoms with Crippen molar-refractivity contribution in [2.75, 3.05) is 6.61 Å². The molecule has 1 aliphatic rings. The predicted molar refractivity (Wildman–Crippen MR) is 87.9 cm³/mol. The molecular weight excluding hydrogens is 364 g/mol. The Labute approximate surface area is 156 Å². The average molecular weight is 388 g/mol. The van der Waals surface area contributed by atoms with Gasteiger partial charge in [0.25, 0.3) is 0 Å². The smallest absolute Gasteiger partial charge is 0.303 e. The lowest BCUT2D eigenvalue weighted by Gasteiger charge is -2.48. The first-order chi connectivity index (χ1) is 12.5. The zero-order valence-electron chi connectivity index (χ0n) is 15.6. The Balaban J connectivity index is 3.38. The van der Waals surface area contributed by atoms with Crippen LogP contribution in [0.25, 0.3) is 0 Å². The minimum atomic E-state index is -2.16. The molecule has 0 aromatic rings. The number of esters is 4. The van der Waals surface area contributed by atoms with Crippen molar-refractivity contribution < 1.29 is 48.0 Å². The highest BCUT2D eigenvalue weighted by Gasteiger charge is 2.58. The Kier molecular flexibility index (Phi) is 7.92. The molecule has 0 amide bonds. The summed E-state index contributed by atoms with van der Waals surface area (Å²) in [7, 11) is 0. The van der Waals surface area contributed by atoms with Crippen LogP contribution in [0.4, 0.5) is 0 Å². The van der Waals surface area contributed by atoms with Gasteiger partial charge in [0.1, 0.15) is 12.7 Å². The van der Waals surface area contributed by atoms with E-state index in [2.05, 4.69) is 6.58 Å². The molecule has 27 heavy (non-hydrogen) atoms. The van der Waals surface area contributed by atoms with E-state index in [0.29, 0.717) is 0 Å². The SMILES string of the molecule is C=CC[C@]1(O)O[C@H](COC(C)=O)[C@@H](OC(C)=O)[C@H](OC(C)=O)[C@@H]1OC(C)=O. The van der Waals surface area contributed by atoms with Crippen LogP contribution in [0, 0.1) is 0 Å². The van der Waals surface area contributed by atoms with Gasteiger partial charge in [0.15, 0.2) is 18.3 Å². The molecule has 1 rings (SSSR count). The van der Waals surface area contributed by atoms with Gasteiger partial charge in [-0.3, -0.25) is 19.2 Å². The number of rotatable bonds is 7. The third kappa shape index (κ3) is 6.33. The molecule has 1 fully saturated rings. The zero-order valence-corrected chi connectivity index (χ0v) is 15.6. The Morgan fingerprint density at radius 2 is 1.48 bits per heavy atom. The van der Waals surface area contributed by atoms with Gasteiger partial charge in [-0.1, -0.05) is 6.08 Å². The van der Waals surface area contributed by atoms with Crippen LogP contribution in [0.3, 0.4) is 0 Å². The molecule has 1 heterocycles. The van der Waals surface area contributed by atoms with E-state index in [1.54, 1.807) is 0 Å². The van der Waals surface area contributed by atoms with Crippen LogP contribution < -0.4 is 0 Å². The van der Waals surface area contributed by atoms with E-state index >= 15 is 0 Å². The van der Waals surface area contributed by atoms with Crippen molar-refractivity contribution in [3.63, 3.8) is 0 Å². The molecule has 10 heteroatoms. The van der Waals surface area contributed by atoms with Crippen LogP contribution in [0.2, 0.25) is 0 Å². The first-order valence-corrected chi connectivity index (χ1v) is 8.16. The summed E-state index contributed by atoms with van der Waals surface area (Å²) in [4.78, 5) is 45.8. The Hall–Kier alpha value is -2.46. The van der Waals surface area contributed by atoms with E-state index in [0.717, 1.165) is 27.7 Å². The molecule has 0 aliphatic carbocycles. The fraction of sp³-hybridized carbons (Fsp3) is 0.647. The maximum absolute atomic E-state index is 11.6. The summed E-state index contributed by atoms with van der Waals surface area (Å²) >= 11 is 0. The van der Waals surface area contributed by atoms with Gasteiger partial charge in [-0.05, 0) is 0 Å². The zero-order chi connectivity index (χ0) is 20.8. The first-order valence-electron chi connectivity index (χ1n) is 8.16. The van der Waals surface area contributed by atoms with Crippen LogP contribution in [0.15, 0.2) is 12.7 Å². The molecule has 5 atom stereocenters. The highest BCUT2D eigenvalue weighted by atomic mass is 16.7. The Morgan fingerprint density at radius 3 is 1.93 bits per heavy atom. The van der Waals surface area contributed by atoms with Crippen molar-refractivity contribution >= 4 is 23.9 Å². The highest BCUT2D eigenvalue weighted by molar-refractivity contribution is 5.68. The number of aliphatic hydroxyl groups is 1. The normalized spacial score (nSPS) is 30.0. The van der Waals surface area contributed by atoms with E-state index in [4.69, 9.17) is 23.7 Å².